The van der Waals surface area contributed by atoms with Crippen LogP contribution in [-0.2, 0) is 11.3 Å². The van der Waals surface area contributed by atoms with Crippen molar-refractivity contribution in [3.63, 3.8) is 0 Å². The maximum absolute atomic E-state index is 12.6. The number of carbonyl (C=O) groups excluding carboxylic acids is 1. The molecule has 4 aromatic rings. The highest BCUT2D eigenvalue weighted by atomic mass is 16.6. The minimum absolute atomic E-state index is 0.138. The van der Waals surface area contributed by atoms with Gasteiger partial charge in [-0.25, -0.2) is 9.78 Å². The zero-order valence-electron chi connectivity index (χ0n) is 20.6. The van der Waals surface area contributed by atoms with E-state index in [0.29, 0.717) is 19.0 Å². The van der Waals surface area contributed by atoms with Crippen molar-refractivity contribution in [2.24, 2.45) is 0 Å². The molecule has 1 fully saturated rings. The van der Waals surface area contributed by atoms with Gasteiger partial charge in [-0.3, -0.25) is 0 Å². The molecule has 1 amide bonds. The first-order valence-electron chi connectivity index (χ1n) is 12.3. The van der Waals surface area contributed by atoms with Crippen LogP contribution in [0.25, 0.3) is 22.6 Å². The van der Waals surface area contributed by atoms with Gasteiger partial charge in [-0.1, -0.05) is 60.2 Å². The molecule has 0 radical (unpaired) electrons. The van der Waals surface area contributed by atoms with Crippen LogP contribution in [0.2, 0.25) is 0 Å². The van der Waals surface area contributed by atoms with Crippen LogP contribution in [0.3, 0.4) is 0 Å². The molecule has 0 unspecified atom stereocenters. The fourth-order valence-electron chi connectivity index (χ4n) is 4.48. The van der Waals surface area contributed by atoms with Crippen LogP contribution in [0, 0.1) is 6.92 Å². The summed E-state index contributed by atoms with van der Waals surface area (Å²) in [7, 11) is 1.66. The van der Waals surface area contributed by atoms with Crippen LogP contribution in [0.4, 0.5) is 4.79 Å². The Morgan fingerprint density at radius 3 is 2.28 bits per heavy atom. The average Bonchev–Trinajstić information content (AvgIpc) is 3.38. The van der Waals surface area contributed by atoms with Gasteiger partial charge in [0, 0.05) is 30.1 Å². The lowest BCUT2D eigenvalue weighted by Crippen LogP contribution is -2.38. The van der Waals surface area contributed by atoms with Crippen molar-refractivity contribution in [3.8, 4) is 28.3 Å². The molecule has 2 heterocycles. The van der Waals surface area contributed by atoms with E-state index in [1.165, 1.54) is 5.56 Å². The predicted octanol–water partition coefficient (Wildman–Crippen LogP) is 6.84. The molecule has 184 valence electrons. The van der Waals surface area contributed by atoms with Crippen molar-refractivity contribution in [3.05, 3.63) is 95.9 Å². The molecular formula is C30H30N2O4. The second kappa shape index (κ2) is 10.7. The summed E-state index contributed by atoms with van der Waals surface area (Å²) in [5, 5.41) is 0. The monoisotopic (exact) mass is 482 g/mol. The summed E-state index contributed by atoms with van der Waals surface area (Å²) in [5.41, 5.74) is 4.98. The summed E-state index contributed by atoms with van der Waals surface area (Å²) in [5.74, 6) is 2.40. The number of hydrogen-bond acceptors (Lipinski definition) is 5. The molecule has 0 spiro atoms. The second-order valence-corrected chi connectivity index (χ2v) is 9.13. The average molecular weight is 483 g/mol. The van der Waals surface area contributed by atoms with E-state index in [9.17, 15) is 4.79 Å². The molecular weight excluding hydrogens is 452 g/mol. The van der Waals surface area contributed by atoms with E-state index in [0.717, 1.165) is 46.7 Å². The highest BCUT2D eigenvalue weighted by Crippen LogP contribution is 2.38. The number of rotatable bonds is 6. The number of ether oxygens (including phenoxy) is 2. The molecule has 5 rings (SSSR count). The zero-order chi connectivity index (χ0) is 24.9. The maximum atomic E-state index is 12.6. The van der Waals surface area contributed by atoms with Crippen molar-refractivity contribution in [1.29, 1.82) is 0 Å². The SMILES string of the molecule is COc1ccc(-c2oc(C3CCN(C(=O)OCc4ccccc4)CC3)nc2-c2ccc(C)cc2)cc1. The number of hydrogen-bond donors (Lipinski definition) is 0. The van der Waals surface area contributed by atoms with Gasteiger partial charge in [0.15, 0.2) is 11.7 Å². The first-order chi connectivity index (χ1) is 17.6. The van der Waals surface area contributed by atoms with Gasteiger partial charge < -0.3 is 18.8 Å². The molecule has 0 N–H and O–H groups in total. The molecule has 0 atom stereocenters. The summed E-state index contributed by atoms with van der Waals surface area (Å²) in [6.45, 7) is 3.57. The minimum atomic E-state index is -0.274. The standard InChI is InChI=1S/C30H30N2O4/c1-21-8-10-23(11-9-21)27-28(24-12-14-26(34-2)15-13-24)36-29(31-27)25-16-18-32(19-17-25)30(33)35-20-22-6-4-3-5-7-22/h3-15,25H,16-20H2,1-2H3. The van der Waals surface area contributed by atoms with Gasteiger partial charge in [0.05, 0.1) is 7.11 Å². The third-order valence-electron chi connectivity index (χ3n) is 6.63. The molecule has 6 heteroatoms. The van der Waals surface area contributed by atoms with Gasteiger partial charge in [-0.2, -0.15) is 0 Å². The summed E-state index contributed by atoms with van der Waals surface area (Å²) < 4.78 is 17.2. The Bertz CT molecular complexity index is 1290. The predicted molar refractivity (Wildman–Crippen MR) is 139 cm³/mol. The Kier molecular flexibility index (Phi) is 7.03. The number of carbonyl (C=O) groups is 1. The topological polar surface area (TPSA) is 64.8 Å². The molecule has 0 aliphatic carbocycles. The van der Waals surface area contributed by atoms with Crippen molar-refractivity contribution >= 4 is 6.09 Å². The summed E-state index contributed by atoms with van der Waals surface area (Å²) in [6.07, 6.45) is 1.27. The van der Waals surface area contributed by atoms with E-state index >= 15 is 0 Å². The smallest absolute Gasteiger partial charge is 0.410 e. The number of aromatic nitrogens is 1. The van der Waals surface area contributed by atoms with Crippen molar-refractivity contribution in [2.45, 2.75) is 32.3 Å². The van der Waals surface area contributed by atoms with E-state index in [1.807, 2.05) is 54.6 Å². The molecule has 1 aliphatic rings. The zero-order valence-corrected chi connectivity index (χ0v) is 20.6. The summed E-state index contributed by atoms with van der Waals surface area (Å²) in [4.78, 5) is 19.3. The fraction of sp³-hybridized carbons (Fsp3) is 0.267. The lowest BCUT2D eigenvalue weighted by molar-refractivity contribution is 0.0856. The third-order valence-corrected chi connectivity index (χ3v) is 6.63. The number of amides is 1. The minimum Gasteiger partial charge on any atom is -0.497 e. The van der Waals surface area contributed by atoms with Crippen LogP contribution in [0.1, 0.15) is 35.8 Å². The Hall–Kier alpha value is -4.06. The normalized spacial score (nSPS) is 14.0. The third kappa shape index (κ3) is 5.28. The molecule has 0 saturated carbocycles. The highest BCUT2D eigenvalue weighted by Gasteiger charge is 2.29. The summed E-state index contributed by atoms with van der Waals surface area (Å²) in [6, 6.07) is 25.9. The summed E-state index contributed by atoms with van der Waals surface area (Å²) >= 11 is 0. The molecule has 6 nitrogen and oxygen atoms in total. The Morgan fingerprint density at radius 2 is 1.61 bits per heavy atom. The number of methoxy groups -OCH3 is 1. The molecule has 1 aliphatic heterocycles. The molecule has 1 saturated heterocycles. The molecule has 3 aromatic carbocycles. The van der Waals surface area contributed by atoms with Crippen LogP contribution < -0.4 is 4.74 Å². The van der Waals surface area contributed by atoms with Gasteiger partial charge in [-0.15, -0.1) is 0 Å². The largest absolute Gasteiger partial charge is 0.497 e. The van der Waals surface area contributed by atoms with Gasteiger partial charge in [0.1, 0.15) is 18.1 Å². The van der Waals surface area contributed by atoms with E-state index in [4.69, 9.17) is 18.9 Å². The number of aryl methyl sites for hydroxylation is 1. The van der Waals surface area contributed by atoms with Gasteiger partial charge in [0.2, 0.25) is 0 Å². The van der Waals surface area contributed by atoms with E-state index in [-0.39, 0.29) is 18.6 Å². The van der Waals surface area contributed by atoms with Crippen molar-refractivity contribution < 1.29 is 18.7 Å². The molecule has 0 bridgehead atoms. The van der Waals surface area contributed by atoms with Gasteiger partial charge in [0.25, 0.3) is 0 Å². The number of oxazole rings is 1. The first kappa shape index (κ1) is 23.7. The van der Waals surface area contributed by atoms with Crippen LogP contribution >= 0.6 is 0 Å². The molecule has 36 heavy (non-hydrogen) atoms. The van der Waals surface area contributed by atoms with E-state index in [1.54, 1.807) is 12.0 Å². The van der Waals surface area contributed by atoms with Crippen molar-refractivity contribution in [2.75, 3.05) is 20.2 Å². The van der Waals surface area contributed by atoms with Crippen molar-refractivity contribution in [1.82, 2.24) is 9.88 Å². The van der Waals surface area contributed by atoms with Gasteiger partial charge >= 0.3 is 6.09 Å². The quantitative estimate of drug-likeness (QED) is 0.301. The maximum Gasteiger partial charge on any atom is 0.410 e. The fourth-order valence-corrected chi connectivity index (χ4v) is 4.48. The first-order valence-corrected chi connectivity index (χ1v) is 12.3. The van der Waals surface area contributed by atoms with E-state index < -0.39 is 0 Å². The highest BCUT2D eigenvalue weighted by molar-refractivity contribution is 5.77. The Morgan fingerprint density at radius 1 is 0.944 bits per heavy atom. The van der Waals surface area contributed by atoms with Gasteiger partial charge in [-0.05, 0) is 49.6 Å². The Labute approximate surface area is 211 Å². The lowest BCUT2D eigenvalue weighted by atomic mass is 9.97. The number of likely N-dealkylation sites (tertiary alicyclic amines) is 1. The Balaban J connectivity index is 1.31. The van der Waals surface area contributed by atoms with Crippen LogP contribution in [0.15, 0.2) is 83.3 Å². The van der Waals surface area contributed by atoms with Crippen LogP contribution in [-0.4, -0.2) is 36.2 Å². The van der Waals surface area contributed by atoms with Crippen LogP contribution in [0.5, 0.6) is 5.75 Å². The number of piperidine rings is 1. The number of nitrogens with zero attached hydrogens (tertiary/aromatic N) is 2. The lowest BCUT2D eigenvalue weighted by Gasteiger charge is -2.29. The number of benzene rings is 3. The van der Waals surface area contributed by atoms with E-state index in [2.05, 4.69) is 31.2 Å². The molecule has 1 aromatic heterocycles. The second-order valence-electron chi connectivity index (χ2n) is 9.13.